The summed E-state index contributed by atoms with van der Waals surface area (Å²) < 4.78 is 42.6. The topological polar surface area (TPSA) is 69.7 Å². The zero-order valence-electron chi connectivity index (χ0n) is 19.8. The van der Waals surface area contributed by atoms with Crippen molar-refractivity contribution < 1.29 is 17.6 Å². The predicted molar refractivity (Wildman–Crippen MR) is 137 cm³/mol. The average Bonchev–Trinajstić information content (AvgIpc) is 2.84. The van der Waals surface area contributed by atoms with Gasteiger partial charge in [-0.15, -0.1) is 0 Å². The minimum atomic E-state index is -3.91. The summed E-state index contributed by atoms with van der Waals surface area (Å²) in [6.07, 6.45) is 0. The summed E-state index contributed by atoms with van der Waals surface area (Å²) in [4.78, 5) is 14.9. The molecule has 35 heavy (non-hydrogen) atoms. The molecule has 1 saturated heterocycles. The first-order valence-electron chi connectivity index (χ1n) is 11.3. The van der Waals surface area contributed by atoms with Crippen molar-refractivity contribution >= 4 is 38.9 Å². The normalized spacial score (nSPS) is 14.7. The zero-order valence-corrected chi connectivity index (χ0v) is 21.4. The Morgan fingerprint density at radius 3 is 2.34 bits per heavy atom. The molecule has 1 aliphatic heterocycles. The third-order valence-electron chi connectivity index (χ3n) is 6.49. The van der Waals surface area contributed by atoms with E-state index in [4.69, 9.17) is 11.6 Å². The Morgan fingerprint density at radius 2 is 1.63 bits per heavy atom. The van der Waals surface area contributed by atoms with E-state index in [2.05, 4.69) is 30.1 Å². The Kier molecular flexibility index (Phi) is 7.17. The molecule has 1 fully saturated rings. The Labute approximate surface area is 210 Å². The van der Waals surface area contributed by atoms with Crippen molar-refractivity contribution in [2.45, 2.75) is 25.7 Å². The monoisotopic (exact) mass is 515 g/mol. The number of nitrogens with zero attached hydrogens (tertiary/aromatic N) is 2. The van der Waals surface area contributed by atoms with Crippen molar-refractivity contribution in [1.82, 2.24) is 4.31 Å². The number of hydrogen-bond acceptors (Lipinski definition) is 4. The number of piperazine rings is 1. The molecule has 1 amide bonds. The fourth-order valence-electron chi connectivity index (χ4n) is 4.17. The van der Waals surface area contributed by atoms with Gasteiger partial charge in [0.2, 0.25) is 10.0 Å². The number of sulfonamides is 1. The van der Waals surface area contributed by atoms with E-state index >= 15 is 0 Å². The van der Waals surface area contributed by atoms with Crippen molar-refractivity contribution in [3.63, 3.8) is 0 Å². The molecule has 184 valence electrons. The molecule has 0 spiro atoms. The molecule has 0 radical (unpaired) electrons. The lowest BCUT2D eigenvalue weighted by Crippen LogP contribution is -2.48. The fourth-order valence-corrected chi connectivity index (χ4v) is 5.79. The van der Waals surface area contributed by atoms with Crippen LogP contribution in [0.4, 0.5) is 15.8 Å². The Balaban J connectivity index is 1.53. The van der Waals surface area contributed by atoms with Crippen LogP contribution in [0.15, 0.2) is 59.5 Å². The van der Waals surface area contributed by atoms with E-state index < -0.39 is 21.7 Å². The lowest BCUT2D eigenvalue weighted by molar-refractivity contribution is 0.102. The molecular formula is C26H27ClFN3O3S. The third-order valence-corrected chi connectivity index (χ3v) is 8.80. The van der Waals surface area contributed by atoms with Crippen molar-refractivity contribution in [2.24, 2.45) is 0 Å². The number of anilines is 2. The smallest absolute Gasteiger partial charge is 0.258 e. The number of benzene rings is 3. The summed E-state index contributed by atoms with van der Waals surface area (Å²) >= 11 is 6.10. The van der Waals surface area contributed by atoms with Crippen molar-refractivity contribution in [3.05, 3.63) is 87.7 Å². The molecule has 3 aromatic rings. The summed E-state index contributed by atoms with van der Waals surface area (Å²) in [6, 6.07) is 14.4. The maximum Gasteiger partial charge on any atom is 0.258 e. The first-order chi connectivity index (χ1) is 16.6. The minimum absolute atomic E-state index is 0.118. The van der Waals surface area contributed by atoms with Crippen molar-refractivity contribution in [3.8, 4) is 0 Å². The van der Waals surface area contributed by atoms with Gasteiger partial charge < -0.3 is 10.2 Å². The molecule has 1 heterocycles. The largest absolute Gasteiger partial charge is 0.369 e. The quantitative estimate of drug-likeness (QED) is 0.509. The Morgan fingerprint density at radius 1 is 0.943 bits per heavy atom. The van der Waals surface area contributed by atoms with E-state index in [0.717, 1.165) is 17.8 Å². The summed E-state index contributed by atoms with van der Waals surface area (Å²) in [7, 11) is -3.91. The molecule has 6 nitrogen and oxygen atoms in total. The van der Waals surface area contributed by atoms with Gasteiger partial charge in [-0.1, -0.05) is 29.8 Å². The van der Waals surface area contributed by atoms with E-state index in [-0.39, 0.29) is 23.5 Å². The molecule has 0 unspecified atom stereocenters. The molecule has 0 bridgehead atoms. The molecule has 0 aromatic heterocycles. The highest BCUT2D eigenvalue weighted by atomic mass is 35.5. The van der Waals surface area contributed by atoms with Gasteiger partial charge in [-0.3, -0.25) is 4.79 Å². The lowest BCUT2D eigenvalue weighted by atomic mass is 10.1. The van der Waals surface area contributed by atoms with Crippen LogP contribution in [0, 0.1) is 26.6 Å². The number of rotatable bonds is 5. The van der Waals surface area contributed by atoms with Crippen LogP contribution in [-0.2, 0) is 10.0 Å². The van der Waals surface area contributed by atoms with Crippen LogP contribution in [0.2, 0.25) is 5.02 Å². The van der Waals surface area contributed by atoms with Crippen molar-refractivity contribution in [2.75, 3.05) is 36.4 Å². The molecule has 0 atom stereocenters. The first kappa shape index (κ1) is 25.2. The van der Waals surface area contributed by atoms with Crippen molar-refractivity contribution in [1.29, 1.82) is 0 Å². The van der Waals surface area contributed by atoms with Crippen LogP contribution in [0.25, 0.3) is 0 Å². The number of aryl methyl sites for hydroxylation is 1. The highest BCUT2D eigenvalue weighted by molar-refractivity contribution is 7.89. The highest BCUT2D eigenvalue weighted by Gasteiger charge is 2.30. The number of carbonyl (C=O) groups is 1. The Hall–Kier alpha value is -2.94. The summed E-state index contributed by atoms with van der Waals surface area (Å²) in [5.74, 6) is -1.55. The van der Waals surface area contributed by atoms with Gasteiger partial charge in [-0.25, -0.2) is 12.8 Å². The molecule has 0 saturated carbocycles. The molecule has 1 N–H and O–H groups in total. The average molecular weight is 516 g/mol. The number of halogens is 2. The summed E-state index contributed by atoms with van der Waals surface area (Å²) in [5.41, 5.74) is 4.17. The van der Waals surface area contributed by atoms with Crippen LogP contribution in [0.5, 0.6) is 0 Å². The van der Waals surface area contributed by atoms with Gasteiger partial charge in [0.1, 0.15) is 5.82 Å². The van der Waals surface area contributed by atoms with Gasteiger partial charge in [0, 0.05) is 42.6 Å². The molecular weight excluding hydrogens is 489 g/mol. The third kappa shape index (κ3) is 5.05. The van der Waals surface area contributed by atoms with Gasteiger partial charge in [0.15, 0.2) is 0 Å². The van der Waals surface area contributed by atoms with E-state index in [9.17, 15) is 17.6 Å². The number of hydrogen-bond donors (Lipinski definition) is 1. The van der Waals surface area contributed by atoms with Crippen LogP contribution < -0.4 is 10.2 Å². The van der Waals surface area contributed by atoms with Gasteiger partial charge in [-0.05, 0) is 73.9 Å². The zero-order chi connectivity index (χ0) is 25.3. The SMILES string of the molecule is Cc1cccc(N2CCN(S(=O)(=O)c3ccc(F)c(C(=O)Nc4cccc(Cl)c4C)c3)CC2)c1C. The molecule has 0 aliphatic carbocycles. The second-order valence-corrected chi connectivity index (χ2v) is 11.0. The number of nitrogens with one attached hydrogen (secondary N) is 1. The standard InChI is InChI=1S/C26H27ClFN3O3S/c1-17-6-4-9-25(18(17)2)30-12-14-31(15-13-30)35(33,34)20-10-11-23(28)21(16-20)26(32)29-24-8-5-7-22(27)19(24)3/h4-11,16H,12-15H2,1-3H3,(H,29,32). The number of carbonyl (C=O) groups excluding carboxylic acids is 1. The van der Waals surface area contributed by atoms with Crippen LogP contribution in [-0.4, -0.2) is 44.8 Å². The second kappa shape index (κ2) is 9.97. The molecule has 3 aromatic carbocycles. The van der Waals surface area contributed by atoms with Gasteiger partial charge in [-0.2, -0.15) is 4.31 Å². The van der Waals surface area contributed by atoms with Gasteiger partial charge in [0.05, 0.1) is 10.5 Å². The van der Waals surface area contributed by atoms with Gasteiger partial charge >= 0.3 is 0 Å². The maximum atomic E-state index is 14.5. The lowest BCUT2D eigenvalue weighted by Gasteiger charge is -2.36. The Bertz CT molecular complexity index is 1390. The number of amides is 1. The highest BCUT2D eigenvalue weighted by Crippen LogP contribution is 2.27. The second-order valence-electron chi connectivity index (χ2n) is 8.62. The molecule has 9 heteroatoms. The van der Waals surface area contributed by atoms with E-state index in [1.165, 1.54) is 21.5 Å². The van der Waals surface area contributed by atoms with E-state index in [1.54, 1.807) is 25.1 Å². The van der Waals surface area contributed by atoms with E-state index in [1.807, 2.05) is 12.1 Å². The minimum Gasteiger partial charge on any atom is -0.369 e. The maximum absolute atomic E-state index is 14.5. The van der Waals surface area contributed by atoms with Crippen LogP contribution in [0.3, 0.4) is 0 Å². The summed E-state index contributed by atoms with van der Waals surface area (Å²) in [5, 5.41) is 3.08. The van der Waals surface area contributed by atoms with E-state index in [0.29, 0.717) is 29.4 Å². The fraction of sp³-hybridized carbons (Fsp3) is 0.269. The summed E-state index contributed by atoms with van der Waals surface area (Å²) in [6.45, 7) is 7.48. The van der Waals surface area contributed by atoms with Crippen LogP contribution in [0.1, 0.15) is 27.0 Å². The first-order valence-corrected chi connectivity index (χ1v) is 13.1. The molecule has 4 rings (SSSR count). The van der Waals surface area contributed by atoms with Gasteiger partial charge in [0.25, 0.3) is 5.91 Å². The van der Waals surface area contributed by atoms with Crippen LogP contribution >= 0.6 is 11.6 Å². The molecule has 1 aliphatic rings. The predicted octanol–water partition coefficient (Wildman–Crippen LogP) is 5.17.